The van der Waals surface area contributed by atoms with E-state index < -0.39 is 10.8 Å². The van der Waals surface area contributed by atoms with Gasteiger partial charge in [-0.1, -0.05) is 48.5 Å². The fourth-order valence-electron chi connectivity index (χ4n) is 2.74. The molecule has 0 aromatic heterocycles. The molecule has 0 aliphatic carbocycles. The van der Waals surface area contributed by atoms with Gasteiger partial charge in [0.2, 0.25) is 0 Å². The van der Waals surface area contributed by atoms with Crippen molar-refractivity contribution in [2.24, 2.45) is 0 Å². The van der Waals surface area contributed by atoms with Crippen molar-refractivity contribution in [3.05, 3.63) is 66.7 Å². The standard InChI is InChI=1S/C18H13NOS/c19-14-7-9-16-15-8-6-13(12-4-2-1-3-5-12)10-17(15)21(20)18(16)11-14/h1-11H,19H2. The Hall–Kier alpha value is -2.39. The molecule has 2 nitrogen and oxygen atoms in total. The van der Waals surface area contributed by atoms with E-state index in [1.807, 2.05) is 42.5 Å². The minimum atomic E-state index is -1.15. The van der Waals surface area contributed by atoms with Crippen molar-refractivity contribution in [1.82, 2.24) is 0 Å². The molecule has 0 radical (unpaired) electrons. The first kappa shape index (κ1) is 12.4. The maximum Gasteiger partial charge on any atom is 0.0863 e. The second kappa shape index (κ2) is 4.57. The molecule has 0 bridgehead atoms. The van der Waals surface area contributed by atoms with E-state index in [4.69, 9.17) is 5.73 Å². The summed E-state index contributed by atoms with van der Waals surface area (Å²) < 4.78 is 12.7. The molecule has 0 saturated heterocycles. The van der Waals surface area contributed by atoms with E-state index in [9.17, 15) is 4.21 Å². The summed E-state index contributed by atoms with van der Waals surface area (Å²) in [5.41, 5.74) is 10.8. The molecule has 102 valence electrons. The Morgan fingerprint density at radius 1 is 0.714 bits per heavy atom. The molecule has 3 heteroatoms. The van der Waals surface area contributed by atoms with E-state index in [0.717, 1.165) is 32.0 Å². The topological polar surface area (TPSA) is 43.1 Å². The zero-order valence-corrected chi connectivity index (χ0v) is 12.1. The molecule has 0 fully saturated rings. The van der Waals surface area contributed by atoms with Gasteiger partial charge >= 0.3 is 0 Å². The summed E-state index contributed by atoms with van der Waals surface area (Å²) in [4.78, 5) is 1.69. The predicted molar refractivity (Wildman–Crippen MR) is 86.4 cm³/mol. The first-order chi connectivity index (χ1) is 10.2. The van der Waals surface area contributed by atoms with Crippen molar-refractivity contribution in [2.45, 2.75) is 9.79 Å². The van der Waals surface area contributed by atoms with Crippen molar-refractivity contribution in [3.63, 3.8) is 0 Å². The summed E-state index contributed by atoms with van der Waals surface area (Å²) in [6.45, 7) is 0. The molecular weight excluding hydrogens is 278 g/mol. The van der Waals surface area contributed by atoms with Gasteiger partial charge in [-0.3, -0.25) is 0 Å². The van der Waals surface area contributed by atoms with Crippen LogP contribution in [0.4, 0.5) is 5.69 Å². The fraction of sp³-hybridized carbons (Fsp3) is 0. The zero-order chi connectivity index (χ0) is 14.4. The Balaban J connectivity index is 1.90. The molecule has 3 aromatic carbocycles. The van der Waals surface area contributed by atoms with Gasteiger partial charge in [0.05, 0.1) is 20.6 Å². The van der Waals surface area contributed by atoms with Crippen LogP contribution in [0, 0.1) is 0 Å². The third-order valence-electron chi connectivity index (χ3n) is 3.78. The molecule has 2 N–H and O–H groups in total. The molecule has 1 aliphatic heterocycles. The monoisotopic (exact) mass is 291 g/mol. The van der Waals surface area contributed by atoms with Gasteiger partial charge in [0.25, 0.3) is 0 Å². The molecule has 1 aliphatic rings. The molecule has 0 saturated carbocycles. The van der Waals surface area contributed by atoms with Crippen LogP contribution >= 0.6 is 0 Å². The van der Waals surface area contributed by atoms with Gasteiger partial charge in [-0.15, -0.1) is 0 Å². The van der Waals surface area contributed by atoms with Gasteiger partial charge in [0, 0.05) is 5.69 Å². The molecule has 1 unspecified atom stereocenters. The van der Waals surface area contributed by atoms with E-state index in [1.165, 1.54) is 0 Å². The van der Waals surface area contributed by atoms with Crippen molar-refractivity contribution < 1.29 is 4.21 Å². The van der Waals surface area contributed by atoms with Crippen LogP contribution in [0.25, 0.3) is 22.3 Å². The maximum absolute atomic E-state index is 12.7. The van der Waals surface area contributed by atoms with Crippen molar-refractivity contribution in [2.75, 3.05) is 5.73 Å². The number of nitrogen functional groups attached to an aromatic ring is 1. The summed E-state index contributed by atoms with van der Waals surface area (Å²) in [6, 6.07) is 21.9. The summed E-state index contributed by atoms with van der Waals surface area (Å²) >= 11 is 0. The Morgan fingerprint density at radius 3 is 2.14 bits per heavy atom. The van der Waals surface area contributed by atoms with Gasteiger partial charge in [0.15, 0.2) is 0 Å². The van der Waals surface area contributed by atoms with Crippen LogP contribution in [-0.4, -0.2) is 4.21 Å². The van der Waals surface area contributed by atoms with Crippen LogP contribution in [-0.2, 0) is 10.8 Å². The van der Waals surface area contributed by atoms with Crippen molar-refractivity contribution >= 4 is 16.5 Å². The molecule has 0 amide bonds. The molecule has 1 atom stereocenters. The van der Waals surface area contributed by atoms with Gasteiger partial charge in [0.1, 0.15) is 0 Å². The van der Waals surface area contributed by atoms with E-state index in [1.54, 1.807) is 0 Å². The highest BCUT2D eigenvalue weighted by Crippen LogP contribution is 2.42. The number of hydrogen-bond acceptors (Lipinski definition) is 2. The lowest BCUT2D eigenvalue weighted by molar-refractivity contribution is 0.685. The normalized spacial score (nSPS) is 15.5. The quantitative estimate of drug-likeness (QED) is 0.537. The van der Waals surface area contributed by atoms with Gasteiger partial charge in [-0.25, -0.2) is 4.21 Å². The Morgan fingerprint density at radius 2 is 1.38 bits per heavy atom. The first-order valence-electron chi connectivity index (χ1n) is 6.75. The van der Waals surface area contributed by atoms with Gasteiger partial charge in [-0.05, 0) is 40.5 Å². The van der Waals surface area contributed by atoms with Crippen LogP contribution in [0.5, 0.6) is 0 Å². The molecule has 3 aromatic rings. The largest absolute Gasteiger partial charge is 0.399 e. The second-order valence-electron chi connectivity index (χ2n) is 5.10. The van der Waals surface area contributed by atoms with E-state index in [0.29, 0.717) is 5.69 Å². The summed E-state index contributed by atoms with van der Waals surface area (Å²) in [5, 5.41) is 0. The Kier molecular flexibility index (Phi) is 2.69. The lowest BCUT2D eigenvalue weighted by Gasteiger charge is -2.04. The summed E-state index contributed by atoms with van der Waals surface area (Å²) in [5.74, 6) is 0. The predicted octanol–water partition coefficient (Wildman–Crippen LogP) is 4.08. The summed E-state index contributed by atoms with van der Waals surface area (Å²) in [6.07, 6.45) is 0. The average Bonchev–Trinajstić information content (AvgIpc) is 2.80. The highest BCUT2D eigenvalue weighted by molar-refractivity contribution is 7.85. The van der Waals surface area contributed by atoms with Crippen molar-refractivity contribution in [3.8, 4) is 22.3 Å². The number of anilines is 1. The van der Waals surface area contributed by atoms with Crippen molar-refractivity contribution in [1.29, 1.82) is 0 Å². The third-order valence-corrected chi connectivity index (χ3v) is 5.26. The number of benzene rings is 3. The van der Waals surface area contributed by atoms with E-state index in [2.05, 4.69) is 24.3 Å². The SMILES string of the molecule is Nc1ccc2c(c1)S(=O)c1cc(-c3ccccc3)ccc1-2. The third kappa shape index (κ3) is 1.89. The van der Waals surface area contributed by atoms with Crippen LogP contribution in [0.2, 0.25) is 0 Å². The Bertz CT molecular complexity index is 872. The Labute approximate surface area is 125 Å². The summed E-state index contributed by atoms with van der Waals surface area (Å²) in [7, 11) is -1.15. The average molecular weight is 291 g/mol. The van der Waals surface area contributed by atoms with Gasteiger partial charge in [-0.2, -0.15) is 0 Å². The molecule has 0 spiro atoms. The maximum atomic E-state index is 12.7. The second-order valence-corrected chi connectivity index (χ2v) is 6.52. The zero-order valence-electron chi connectivity index (χ0n) is 11.2. The lowest BCUT2D eigenvalue weighted by atomic mass is 10.0. The van der Waals surface area contributed by atoms with Gasteiger partial charge < -0.3 is 5.73 Å². The van der Waals surface area contributed by atoms with E-state index >= 15 is 0 Å². The number of fused-ring (bicyclic) bond motifs is 3. The van der Waals surface area contributed by atoms with E-state index in [-0.39, 0.29) is 0 Å². The van der Waals surface area contributed by atoms with Crippen LogP contribution in [0.1, 0.15) is 0 Å². The molecule has 1 heterocycles. The highest BCUT2D eigenvalue weighted by Gasteiger charge is 2.25. The highest BCUT2D eigenvalue weighted by atomic mass is 32.2. The van der Waals surface area contributed by atoms with Crippen LogP contribution in [0.15, 0.2) is 76.5 Å². The number of rotatable bonds is 1. The molecule has 4 rings (SSSR count). The number of hydrogen-bond donors (Lipinski definition) is 1. The lowest BCUT2D eigenvalue weighted by Crippen LogP contribution is -1.89. The first-order valence-corrected chi connectivity index (χ1v) is 7.90. The van der Waals surface area contributed by atoms with Crippen LogP contribution < -0.4 is 5.73 Å². The number of nitrogens with two attached hydrogens (primary N) is 1. The minimum Gasteiger partial charge on any atom is -0.399 e. The smallest absolute Gasteiger partial charge is 0.0863 e. The molecular formula is C18H13NOS. The fourth-order valence-corrected chi connectivity index (χ4v) is 4.21. The minimum absolute atomic E-state index is 0.651. The van der Waals surface area contributed by atoms with Crippen LogP contribution in [0.3, 0.4) is 0 Å². The molecule has 21 heavy (non-hydrogen) atoms.